The van der Waals surface area contributed by atoms with E-state index in [0.717, 1.165) is 18.4 Å². The molecule has 1 aliphatic heterocycles. The van der Waals surface area contributed by atoms with Gasteiger partial charge in [-0.25, -0.2) is 9.59 Å². The summed E-state index contributed by atoms with van der Waals surface area (Å²) in [5.41, 5.74) is 0.370. The van der Waals surface area contributed by atoms with Gasteiger partial charge in [0.25, 0.3) is 0 Å². The van der Waals surface area contributed by atoms with Crippen molar-refractivity contribution >= 4 is 12.1 Å². The van der Waals surface area contributed by atoms with Gasteiger partial charge < -0.3 is 9.47 Å². The molecule has 5 heteroatoms. The molecule has 3 atom stereocenters. The molecule has 1 aromatic carbocycles. The minimum atomic E-state index is -0.572. The highest BCUT2D eigenvalue weighted by atomic mass is 16.6. The minimum Gasteiger partial charge on any atom is -0.459 e. The molecule has 0 aromatic heterocycles. The molecule has 0 N–H and O–H groups in total. The lowest BCUT2D eigenvalue weighted by Gasteiger charge is -2.32. The average Bonchev–Trinajstić information content (AvgIpc) is 2.75. The second kappa shape index (κ2) is 6.46. The molecule has 1 aliphatic carbocycles. The number of nitrogens with zero attached hydrogens (tertiary/aromatic N) is 1. The van der Waals surface area contributed by atoms with Crippen LogP contribution in [-0.2, 0) is 20.9 Å². The van der Waals surface area contributed by atoms with Crippen molar-refractivity contribution in [1.82, 2.24) is 4.90 Å². The Bertz CT molecular complexity index is 608. The van der Waals surface area contributed by atoms with E-state index in [-0.39, 0.29) is 18.5 Å². The Kier molecular flexibility index (Phi) is 4.52. The number of benzene rings is 1. The van der Waals surface area contributed by atoms with Gasteiger partial charge >= 0.3 is 12.1 Å². The van der Waals surface area contributed by atoms with Crippen LogP contribution in [0.4, 0.5) is 4.79 Å². The highest BCUT2D eigenvalue weighted by Crippen LogP contribution is 2.45. The molecule has 0 spiro atoms. The third-order valence-corrected chi connectivity index (χ3v) is 4.74. The van der Waals surface area contributed by atoms with Gasteiger partial charge in [0.1, 0.15) is 18.2 Å². The van der Waals surface area contributed by atoms with Crippen molar-refractivity contribution in [3.63, 3.8) is 0 Å². The van der Waals surface area contributed by atoms with Crippen LogP contribution >= 0.6 is 0 Å². The molecule has 0 bridgehead atoms. The summed E-state index contributed by atoms with van der Waals surface area (Å²) >= 11 is 0. The normalized spacial score (nSPS) is 25.6. The number of rotatable bonds is 3. The lowest BCUT2D eigenvalue weighted by molar-refractivity contribution is -0.152. The van der Waals surface area contributed by atoms with Gasteiger partial charge in [-0.2, -0.15) is 0 Å². The molecular weight excluding hydrogens is 306 g/mol. The van der Waals surface area contributed by atoms with E-state index in [0.29, 0.717) is 12.5 Å². The highest BCUT2D eigenvalue weighted by molar-refractivity contribution is 5.83. The molecule has 0 radical (unpaired) electrons. The van der Waals surface area contributed by atoms with Gasteiger partial charge in [0.15, 0.2) is 0 Å². The third-order valence-electron chi connectivity index (χ3n) is 4.74. The van der Waals surface area contributed by atoms with E-state index in [1.807, 2.05) is 51.1 Å². The van der Waals surface area contributed by atoms with Gasteiger partial charge in [0, 0.05) is 6.54 Å². The van der Waals surface area contributed by atoms with Gasteiger partial charge in [-0.3, -0.25) is 4.90 Å². The summed E-state index contributed by atoms with van der Waals surface area (Å²) < 4.78 is 11.0. The maximum Gasteiger partial charge on any atom is 0.411 e. The second-order valence-corrected chi connectivity index (χ2v) is 7.67. The summed E-state index contributed by atoms with van der Waals surface area (Å²) in [5.74, 6) is 0.282. The van der Waals surface area contributed by atoms with Crippen molar-refractivity contribution < 1.29 is 19.1 Å². The highest BCUT2D eigenvalue weighted by Gasteiger charge is 2.53. The molecule has 1 saturated heterocycles. The first-order valence-corrected chi connectivity index (χ1v) is 8.55. The first-order valence-electron chi connectivity index (χ1n) is 8.55. The molecule has 0 unspecified atom stereocenters. The zero-order valence-electron chi connectivity index (χ0n) is 14.5. The molecular formula is C19H25NO4. The number of amides is 1. The number of likely N-dealkylation sites (tertiary alicyclic amines) is 1. The number of fused-ring (bicyclic) bond motifs is 1. The number of carbonyl (C=O) groups is 2. The van der Waals surface area contributed by atoms with Gasteiger partial charge in [0.2, 0.25) is 0 Å². The summed E-state index contributed by atoms with van der Waals surface area (Å²) in [7, 11) is 0. The SMILES string of the molecule is CC(C)(C)OC(=O)N1C[C@@H]2CC[C@@H]2[C@@H]1C(=O)OCc1ccccc1. The zero-order chi connectivity index (χ0) is 17.3. The fraction of sp³-hybridized carbons (Fsp3) is 0.579. The summed E-state index contributed by atoms with van der Waals surface area (Å²) in [6.07, 6.45) is 1.61. The molecule has 5 nitrogen and oxygen atoms in total. The molecule has 2 aliphatic rings. The van der Waals surface area contributed by atoms with Crippen molar-refractivity contribution in [3.05, 3.63) is 35.9 Å². The molecule has 1 saturated carbocycles. The Labute approximate surface area is 142 Å². The van der Waals surface area contributed by atoms with Crippen molar-refractivity contribution in [3.8, 4) is 0 Å². The van der Waals surface area contributed by atoms with Crippen LogP contribution in [0.2, 0.25) is 0 Å². The maximum atomic E-state index is 12.6. The predicted molar refractivity (Wildman–Crippen MR) is 89.2 cm³/mol. The number of ether oxygens (including phenoxy) is 2. The Morgan fingerprint density at radius 3 is 2.46 bits per heavy atom. The number of hydrogen-bond donors (Lipinski definition) is 0. The first kappa shape index (κ1) is 16.8. The van der Waals surface area contributed by atoms with E-state index in [1.54, 1.807) is 4.90 Å². The van der Waals surface area contributed by atoms with Crippen molar-refractivity contribution in [2.45, 2.75) is 51.9 Å². The summed E-state index contributed by atoms with van der Waals surface area (Å²) in [6.45, 7) is 6.31. The van der Waals surface area contributed by atoms with Crippen LogP contribution in [0.3, 0.4) is 0 Å². The molecule has 130 valence electrons. The predicted octanol–water partition coefficient (Wildman–Crippen LogP) is 3.38. The maximum absolute atomic E-state index is 12.6. The Morgan fingerprint density at radius 1 is 1.17 bits per heavy atom. The largest absolute Gasteiger partial charge is 0.459 e. The minimum absolute atomic E-state index is 0.209. The smallest absolute Gasteiger partial charge is 0.411 e. The quantitative estimate of drug-likeness (QED) is 0.797. The van der Waals surface area contributed by atoms with E-state index in [9.17, 15) is 9.59 Å². The van der Waals surface area contributed by atoms with Gasteiger partial charge in [-0.15, -0.1) is 0 Å². The number of carbonyl (C=O) groups excluding carboxylic acids is 2. The van der Waals surface area contributed by atoms with Crippen LogP contribution in [0.25, 0.3) is 0 Å². The molecule has 3 rings (SSSR count). The van der Waals surface area contributed by atoms with Crippen LogP contribution in [0.15, 0.2) is 30.3 Å². The summed E-state index contributed by atoms with van der Waals surface area (Å²) in [6, 6.07) is 9.06. The van der Waals surface area contributed by atoms with Crippen molar-refractivity contribution in [2.75, 3.05) is 6.54 Å². The van der Waals surface area contributed by atoms with Crippen LogP contribution in [-0.4, -0.2) is 35.2 Å². The van der Waals surface area contributed by atoms with E-state index in [4.69, 9.17) is 9.47 Å². The Morgan fingerprint density at radius 2 is 1.88 bits per heavy atom. The average molecular weight is 331 g/mol. The molecule has 1 amide bonds. The third kappa shape index (κ3) is 3.55. The van der Waals surface area contributed by atoms with Gasteiger partial charge in [-0.05, 0) is 51.0 Å². The van der Waals surface area contributed by atoms with Crippen LogP contribution < -0.4 is 0 Å². The fourth-order valence-corrected chi connectivity index (χ4v) is 3.46. The summed E-state index contributed by atoms with van der Waals surface area (Å²) in [5, 5.41) is 0. The van der Waals surface area contributed by atoms with Crippen LogP contribution in [0, 0.1) is 11.8 Å². The molecule has 2 fully saturated rings. The Balaban J connectivity index is 1.66. The lowest BCUT2D eigenvalue weighted by atomic mass is 9.73. The standard InChI is InChI=1S/C19H25NO4/c1-19(2,3)24-18(22)20-11-14-9-10-15(14)16(20)17(21)23-12-13-7-5-4-6-8-13/h4-8,14-16H,9-12H2,1-3H3/t14-,15-,16+/m0/s1. The molecule has 1 heterocycles. The summed E-state index contributed by atoms with van der Waals surface area (Å²) in [4.78, 5) is 26.7. The van der Waals surface area contributed by atoms with Gasteiger partial charge in [-0.1, -0.05) is 30.3 Å². The van der Waals surface area contributed by atoms with Crippen LogP contribution in [0.5, 0.6) is 0 Å². The van der Waals surface area contributed by atoms with Crippen molar-refractivity contribution in [2.24, 2.45) is 11.8 Å². The monoisotopic (exact) mass is 331 g/mol. The van der Waals surface area contributed by atoms with E-state index < -0.39 is 17.7 Å². The lowest BCUT2D eigenvalue weighted by Crippen LogP contribution is -2.46. The Hall–Kier alpha value is -2.04. The number of hydrogen-bond acceptors (Lipinski definition) is 4. The molecule has 1 aromatic rings. The topological polar surface area (TPSA) is 55.8 Å². The van der Waals surface area contributed by atoms with Gasteiger partial charge in [0.05, 0.1) is 0 Å². The number of esters is 1. The zero-order valence-corrected chi connectivity index (χ0v) is 14.5. The molecule has 24 heavy (non-hydrogen) atoms. The fourth-order valence-electron chi connectivity index (χ4n) is 3.46. The van der Waals surface area contributed by atoms with E-state index in [2.05, 4.69) is 0 Å². The van der Waals surface area contributed by atoms with E-state index in [1.165, 1.54) is 0 Å². The van der Waals surface area contributed by atoms with Crippen molar-refractivity contribution in [1.29, 1.82) is 0 Å². The first-order chi connectivity index (χ1) is 11.3. The van der Waals surface area contributed by atoms with E-state index >= 15 is 0 Å². The van der Waals surface area contributed by atoms with Crippen LogP contribution in [0.1, 0.15) is 39.2 Å². The second-order valence-electron chi connectivity index (χ2n) is 7.67.